The Balaban J connectivity index is 0.913. The highest BCUT2D eigenvalue weighted by Crippen LogP contribution is 2.69. The van der Waals surface area contributed by atoms with E-state index in [4.69, 9.17) is 14.2 Å². The molecule has 9 atom stereocenters. The lowest BCUT2D eigenvalue weighted by Gasteiger charge is -2.52. The van der Waals surface area contributed by atoms with Crippen molar-refractivity contribution >= 4 is 17.0 Å². The Kier molecular flexibility index (Phi) is 6.91. The maximum absolute atomic E-state index is 12.7. The van der Waals surface area contributed by atoms with Crippen molar-refractivity contribution in [3.8, 4) is 5.75 Å². The molecule has 2 aromatic carbocycles. The standard InChI is InChI=1S/C38H48N2O4/c1-22-13-17-38(42-21-22)23(2)35-34(44-38)20-32-30-11-9-25-19-26(10-12-28(25)29(30)14-16-37(32,35)4)43-36(41)39-18-15-27-24(3)40-33-8-6-5-7-31(27)33/h5-8,10,12,19,22-23,29-30,32,34-35,40H,9,11,13-18,20-21H2,1-4H3,(H,39,41)/t22-,23+,29-,30-,32+,34+,35+,37+,38-/m1/s1. The van der Waals surface area contributed by atoms with Gasteiger partial charge in [-0.25, -0.2) is 4.79 Å². The molecule has 8 rings (SSSR count). The van der Waals surface area contributed by atoms with E-state index in [0.717, 1.165) is 37.1 Å². The highest BCUT2D eigenvalue weighted by molar-refractivity contribution is 5.84. The van der Waals surface area contributed by atoms with Gasteiger partial charge in [-0.3, -0.25) is 0 Å². The number of amides is 1. The van der Waals surface area contributed by atoms with Gasteiger partial charge in [0.15, 0.2) is 5.79 Å². The van der Waals surface area contributed by atoms with Crippen molar-refractivity contribution < 1.29 is 19.0 Å². The maximum Gasteiger partial charge on any atom is 0.412 e. The molecule has 5 aliphatic rings. The minimum Gasteiger partial charge on any atom is -0.410 e. The van der Waals surface area contributed by atoms with Crippen molar-refractivity contribution in [3.63, 3.8) is 0 Å². The fourth-order valence-electron chi connectivity index (χ4n) is 10.7. The van der Waals surface area contributed by atoms with Crippen LogP contribution in [0.4, 0.5) is 4.79 Å². The van der Waals surface area contributed by atoms with Crippen LogP contribution in [-0.4, -0.2) is 36.1 Å². The molecule has 234 valence electrons. The minimum atomic E-state index is -0.384. The van der Waals surface area contributed by atoms with Gasteiger partial charge in [-0.2, -0.15) is 0 Å². The minimum absolute atomic E-state index is 0.324. The first kappa shape index (κ1) is 28.6. The number of nitrogens with one attached hydrogen (secondary N) is 2. The molecule has 2 saturated heterocycles. The van der Waals surface area contributed by atoms with Crippen molar-refractivity contribution in [2.24, 2.45) is 35.0 Å². The second kappa shape index (κ2) is 10.6. The van der Waals surface area contributed by atoms with E-state index in [1.807, 2.05) is 12.1 Å². The summed E-state index contributed by atoms with van der Waals surface area (Å²) in [6, 6.07) is 14.7. The first-order chi connectivity index (χ1) is 21.3. The van der Waals surface area contributed by atoms with Gasteiger partial charge in [0.25, 0.3) is 0 Å². The van der Waals surface area contributed by atoms with Crippen LogP contribution in [0.25, 0.3) is 10.9 Å². The molecule has 3 aromatic rings. The van der Waals surface area contributed by atoms with Gasteiger partial charge in [0, 0.05) is 35.5 Å². The molecule has 4 fully saturated rings. The molecule has 6 heteroatoms. The predicted molar refractivity (Wildman–Crippen MR) is 172 cm³/mol. The van der Waals surface area contributed by atoms with Gasteiger partial charge in [-0.05, 0) is 122 Å². The van der Waals surface area contributed by atoms with Crippen LogP contribution in [0.5, 0.6) is 5.75 Å². The molecule has 3 aliphatic carbocycles. The highest BCUT2D eigenvalue weighted by atomic mass is 16.7. The second-order valence-corrected chi connectivity index (χ2v) is 15.1. The van der Waals surface area contributed by atoms with Crippen LogP contribution in [0.2, 0.25) is 0 Å². The zero-order valence-corrected chi connectivity index (χ0v) is 26.8. The topological polar surface area (TPSA) is 72.6 Å². The first-order valence-corrected chi connectivity index (χ1v) is 17.2. The Morgan fingerprint density at radius 2 is 1.98 bits per heavy atom. The Bertz CT molecular complexity index is 1570. The summed E-state index contributed by atoms with van der Waals surface area (Å²) in [5, 5.41) is 4.18. The summed E-state index contributed by atoms with van der Waals surface area (Å²) in [5.74, 6) is 3.99. The lowest BCUT2D eigenvalue weighted by atomic mass is 9.53. The van der Waals surface area contributed by atoms with Gasteiger partial charge >= 0.3 is 6.09 Å². The summed E-state index contributed by atoms with van der Waals surface area (Å²) >= 11 is 0. The van der Waals surface area contributed by atoms with Gasteiger partial charge in [0.1, 0.15) is 5.75 Å². The van der Waals surface area contributed by atoms with Gasteiger partial charge in [-0.1, -0.05) is 45.0 Å². The van der Waals surface area contributed by atoms with E-state index in [1.165, 1.54) is 54.2 Å². The third kappa shape index (κ3) is 4.46. The molecule has 0 unspecified atom stereocenters. The van der Waals surface area contributed by atoms with Crippen LogP contribution in [0, 0.1) is 41.9 Å². The number of ether oxygens (including phenoxy) is 3. The van der Waals surface area contributed by atoms with Crippen LogP contribution < -0.4 is 10.1 Å². The smallest absolute Gasteiger partial charge is 0.410 e. The summed E-state index contributed by atoms with van der Waals surface area (Å²) in [4.78, 5) is 16.2. The Labute approximate surface area is 261 Å². The largest absolute Gasteiger partial charge is 0.412 e. The number of fused-ring (bicyclic) bond motifs is 8. The molecule has 0 radical (unpaired) electrons. The summed E-state index contributed by atoms with van der Waals surface area (Å²) in [6.45, 7) is 10.8. The Morgan fingerprint density at radius 3 is 2.82 bits per heavy atom. The first-order valence-electron chi connectivity index (χ1n) is 17.2. The quantitative estimate of drug-likeness (QED) is 0.320. The average Bonchev–Trinajstić information content (AvgIpc) is 3.60. The molecular formula is C38H48N2O4. The lowest BCUT2D eigenvalue weighted by Crippen LogP contribution is -2.48. The fourth-order valence-corrected chi connectivity index (χ4v) is 10.7. The number of aryl methyl sites for hydroxylation is 2. The van der Waals surface area contributed by atoms with Crippen molar-refractivity contribution in [1.29, 1.82) is 0 Å². The molecule has 1 aromatic heterocycles. The molecule has 3 heterocycles. The van der Waals surface area contributed by atoms with Crippen LogP contribution in [0.15, 0.2) is 42.5 Å². The summed E-state index contributed by atoms with van der Waals surface area (Å²) < 4.78 is 19.2. The van der Waals surface area contributed by atoms with Crippen molar-refractivity contribution in [2.75, 3.05) is 13.2 Å². The van der Waals surface area contributed by atoms with Crippen LogP contribution in [0.1, 0.15) is 87.6 Å². The zero-order chi connectivity index (χ0) is 30.2. The summed E-state index contributed by atoms with van der Waals surface area (Å²) in [6.07, 6.45) is 8.92. The SMILES string of the molecule is Cc1[nH]c2ccccc2c1CCNC(=O)Oc1ccc2c(c1)CC[C@@H]1[C@@H]2CC[C@]2(C)[C@@H]3[C@H](C[C@@H]12)O[C@]1(CC[C@@H](C)CO1)[C@H]3C. The number of benzene rings is 2. The van der Waals surface area contributed by atoms with E-state index < -0.39 is 0 Å². The second-order valence-electron chi connectivity index (χ2n) is 15.1. The number of rotatable bonds is 4. The molecule has 1 amide bonds. The van der Waals surface area contributed by atoms with Crippen LogP contribution >= 0.6 is 0 Å². The normalized spacial score (nSPS) is 37.3. The number of carbonyl (C=O) groups is 1. The van der Waals surface area contributed by atoms with E-state index in [1.54, 1.807) is 0 Å². The highest BCUT2D eigenvalue weighted by Gasteiger charge is 2.67. The van der Waals surface area contributed by atoms with Crippen molar-refractivity contribution in [1.82, 2.24) is 10.3 Å². The van der Waals surface area contributed by atoms with E-state index in [0.29, 0.717) is 59.3 Å². The number of hydrogen-bond acceptors (Lipinski definition) is 4. The zero-order valence-electron chi connectivity index (χ0n) is 26.8. The van der Waals surface area contributed by atoms with Gasteiger partial charge in [0.2, 0.25) is 0 Å². The molecule has 2 aliphatic heterocycles. The van der Waals surface area contributed by atoms with Gasteiger partial charge < -0.3 is 24.5 Å². The van der Waals surface area contributed by atoms with E-state index in [-0.39, 0.29) is 11.9 Å². The average molecular weight is 597 g/mol. The molecule has 6 nitrogen and oxygen atoms in total. The van der Waals surface area contributed by atoms with Gasteiger partial charge in [-0.15, -0.1) is 0 Å². The molecular weight excluding hydrogens is 548 g/mol. The van der Waals surface area contributed by atoms with Crippen LogP contribution in [-0.2, 0) is 22.3 Å². The number of H-pyrrole nitrogens is 1. The number of aromatic nitrogens is 1. The van der Waals surface area contributed by atoms with Crippen molar-refractivity contribution in [3.05, 3.63) is 64.8 Å². The third-order valence-electron chi connectivity index (χ3n) is 12.8. The van der Waals surface area contributed by atoms with Gasteiger partial charge in [0.05, 0.1) is 12.7 Å². The van der Waals surface area contributed by atoms with Crippen molar-refractivity contribution in [2.45, 2.75) is 96.9 Å². The predicted octanol–water partition coefficient (Wildman–Crippen LogP) is 8.07. The number of carbonyl (C=O) groups excluding carboxylic acids is 1. The van der Waals surface area contributed by atoms with E-state index >= 15 is 0 Å². The fraction of sp³-hybridized carbons (Fsp3) is 0.605. The molecule has 2 N–H and O–H groups in total. The third-order valence-corrected chi connectivity index (χ3v) is 12.8. The van der Waals surface area contributed by atoms with E-state index in [2.05, 4.69) is 68.3 Å². The summed E-state index contributed by atoms with van der Waals surface area (Å²) in [7, 11) is 0. The molecule has 0 bridgehead atoms. The van der Waals surface area contributed by atoms with Crippen LogP contribution in [0.3, 0.4) is 0 Å². The maximum atomic E-state index is 12.7. The lowest BCUT2D eigenvalue weighted by molar-refractivity contribution is -0.272. The van der Waals surface area contributed by atoms with E-state index in [9.17, 15) is 4.79 Å². The monoisotopic (exact) mass is 596 g/mol. The molecule has 2 saturated carbocycles. The summed E-state index contributed by atoms with van der Waals surface area (Å²) in [5.41, 5.74) is 6.70. The molecule has 1 spiro atoms. The number of hydrogen-bond donors (Lipinski definition) is 2. The Morgan fingerprint density at radius 1 is 1.11 bits per heavy atom. The number of aromatic amines is 1. The number of para-hydroxylation sites is 1. The molecule has 44 heavy (non-hydrogen) atoms. The Hall–Kier alpha value is -2.83.